The number of hydrazine groups is 1. The third kappa shape index (κ3) is 6.57. The number of nitrogens with zero attached hydrogens (tertiary/aromatic N) is 1. The van der Waals surface area contributed by atoms with Crippen LogP contribution in [0.3, 0.4) is 0 Å². The summed E-state index contributed by atoms with van der Waals surface area (Å²) in [7, 11) is 0. The minimum atomic E-state index is -4.49. The molecule has 0 aliphatic heterocycles. The lowest BCUT2D eigenvalue weighted by Crippen LogP contribution is -2.44. The monoisotopic (exact) mass is 467 g/mol. The molecule has 168 valence electrons. The Morgan fingerprint density at radius 2 is 1.84 bits per heavy atom. The van der Waals surface area contributed by atoms with Gasteiger partial charge in [0.1, 0.15) is 0 Å². The van der Waals surface area contributed by atoms with Crippen LogP contribution in [0.15, 0.2) is 52.5 Å². The van der Waals surface area contributed by atoms with E-state index in [9.17, 15) is 27.6 Å². The Kier molecular flexibility index (Phi) is 7.10. The van der Waals surface area contributed by atoms with Crippen molar-refractivity contribution < 1.29 is 32.0 Å². The molecule has 0 atom stereocenters. The first-order valence-electron chi connectivity index (χ1n) is 8.99. The van der Waals surface area contributed by atoms with Gasteiger partial charge >= 0.3 is 6.18 Å². The summed E-state index contributed by atoms with van der Waals surface area (Å²) >= 11 is 1.11. The molecule has 2 aromatic heterocycles. The second-order valence-corrected chi connectivity index (χ2v) is 7.14. The van der Waals surface area contributed by atoms with Crippen molar-refractivity contribution in [3.05, 3.63) is 65.1 Å². The molecule has 3 amide bonds. The second-order valence-electron chi connectivity index (χ2n) is 6.28. The Morgan fingerprint density at radius 3 is 2.56 bits per heavy atom. The summed E-state index contributed by atoms with van der Waals surface area (Å²) in [5.41, 5.74) is 3.94. The molecule has 4 N–H and O–H groups in total. The number of nitrogens with one attached hydrogen (secondary N) is 4. The molecular formula is C19H16F3N5O4S. The first kappa shape index (κ1) is 22.8. The number of hydrogen-bond donors (Lipinski definition) is 4. The van der Waals surface area contributed by atoms with Crippen LogP contribution in [-0.4, -0.2) is 29.3 Å². The van der Waals surface area contributed by atoms with Gasteiger partial charge in [0.2, 0.25) is 5.91 Å². The Morgan fingerprint density at radius 1 is 1.06 bits per heavy atom. The highest BCUT2D eigenvalue weighted by atomic mass is 32.1. The normalized spacial score (nSPS) is 11.0. The number of alkyl halides is 3. The SMILES string of the molecule is O=C(CNc1cccc(C(F)(F)F)c1)NNC(=O)Cc1csc(NC(=O)c2ccco2)n1. The van der Waals surface area contributed by atoms with E-state index in [1.165, 1.54) is 24.5 Å². The predicted octanol–water partition coefficient (Wildman–Crippen LogP) is 2.81. The fourth-order valence-corrected chi connectivity index (χ4v) is 3.10. The van der Waals surface area contributed by atoms with E-state index in [1.54, 1.807) is 11.4 Å². The van der Waals surface area contributed by atoms with Gasteiger partial charge in [-0.25, -0.2) is 4.98 Å². The number of rotatable bonds is 7. The Hall–Kier alpha value is -3.87. The molecule has 0 saturated heterocycles. The molecule has 1 aromatic carbocycles. The van der Waals surface area contributed by atoms with Crippen LogP contribution in [0.2, 0.25) is 0 Å². The van der Waals surface area contributed by atoms with Crippen molar-refractivity contribution in [1.82, 2.24) is 15.8 Å². The fraction of sp³-hybridized carbons (Fsp3) is 0.158. The van der Waals surface area contributed by atoms with E-state index in [1.807, 2.05) is 0 Å². The lowest BCUT2D eigenvalue weighted by molar-refractivity contribution is -0.137. The maximum absolute atomic E-state index is 12.7. The molecule has 0 saturated carbocycles. The van der Waals surface area contributed by atoms with Crippen molar-refractivity contribution in [2.45, 2.75) is 12.6 Å². The predicted molar refractivity (Wildman–Crippen MR) is 109 cm³/mol. The number of aromatic nitrogens is 1. The number of amides is 3. The molecule has 9 nitrogen and oxygen atoms in total. The molecule has 0 spiro atoms. The highest BCUT2D eigenvalue weighted by molar-refractivity contribution is 7.14. The third-order valence-electron chi connectivity index (χ3n) is 3.84. The van der Waals surface area contributed by atoms with Gasteiger partial charge < -0.3 is 9.73 Å². The number of furan rings is 1. The van der Waals surface area contributed by atoms with E-state index in [0.29, 0.717) is 5.69 Å². The lowest BCUT2D eigenvalue weighted by atomic mass is 10.2. The van der Waals surface area contributed by atoms with Gasteiger partial charge in [-0.3, -0.25) is 30.6 Å². The van der Waals surface area contributed by atoms with E-state index in [4.69, 9.17) is 4.42 Å². The van der Waals surface area contributed by atoms with Gasteiger partial charge in [0.15, 0.2) is 10.9 Å². The molecule has 3 aromatic rings. The van der Waals surface area contributed by atoms with Crippen LogP contribution in [0.4, 0.5) is 24.0 Å². The number of anilines is 2. The smallest absolute Gasteiger partial charge is 0.416 e. The van der Waals surface area contributed by atoms with Crippen molar-refractivity contribution in [3.63, 3.8) is 0 Å². The molecule has 0 bridgehead atoms. The quantitative estimate of drug-likeness (QED) is 0.396. The van der Waals surface area contributed by atoms with E-state index < -0.39 is 29.5 Å². The molecule has 32 heavy (non-hydrogen) atoms. The summed E-state index contributed by atoms with van der Waals surface area (Å²) in [4.78, 5) is 39.8. The zero-order chi connectivity index (χ0) is 23.1. The molecule has 0 aliphatic rings. The minimum Gasteiger partial charge on any atom is -0.459 e. The Balaban J connectivity index is 1.41. The van der Waals surface area contributed by atoms with Crippen molar-refractivity contribution in [1.29, 1.82) is 0 Å². The largest absolute Gasteiger partial charge is 0.459 e. The van der Waals surface area contributed by atoms with Gasteiger partial charge in [-0.2, -0.15) is 13.2 Å². The van der Waals surface area contributed by atoms with E-state index in [0.717, 1.165) is 23.5 Å². The third-order valence-corrected chi connectivity index (χ3v) is 4.65. The summed E-state index contributed by atoms with van der Waals surface area (Å²) in [6, 6.07) is 7.43. The van der Waals surface area contributed by atoms with Crippen LogP contribution in [0, 0.1) is 0 Å². The first-order chi connectivity index (χ1) is 15.2. The number of carbonyl (C=O) groups is 3. The van der Waals surface area contributed by atoms with Crippen LogP contribution in [0.1, 0.15) is 21.8 Å². The maximum atomic E-state index is 12.7. The van der Waals surface area contributed by atoms with Gasteiger partial charge in [-0.15, -0.1) is 11.3 Å². The van der Waals surface area contributed by atoms with Gasteiger partial charge in [-0.1, -0.05) is 6.07 Å². The number of hydrogen-bond acceptors (Lipinski definition) is 7. The highest BCUT2D eigenvalue weighted by Gasteiger charge is 2.30. The molecule has 13 heteroatoms. The average Bonchev–Trinajstić information content (AvgIpc) is 3.43. The second kappa shape index (κ2) is 9.96. The van der Waals surface area contributed by atoms with Crippen molar-refractivity contribution in [3.8, 4) is 0 Å². The number of thiazole rings is 1. The fourth-order valence-electron chi connectivity index (χ4n) is 2.39. The standard InChI is InChI=1S/C19H16F3N5O4S/c20-19(21,22)11-3-1-4-12(7-11)23-9-16(29)27-26-15(28)8-13-10-32-18(24-13)25-17(30)14-5-2-6-31-14/h1-7,10,23H,8-9H2,(H,26,28)(H,27,29)(H,24,25,30). The average molecular weight is 467 g/mol. The molecule has 3 rings (SSSR count). The maximum Gasteiger partial charge on any atom is 0.416 e. The number of carbonyl (C=O) groups excluding carboxylic acids is 3. The van der Waals surface area contributed by atoms with Crippen molar-refractivity contribution in [2.24, 2.45) is 0 Å². The Labute approximate surface area is 183 Å². The summed E-state index contributed by atoms with van der Waals surface area (Å²) in [5, 5.41) is 6.90. The van der Waals surface area contributed by atoms with Crippen LogP contribution < -0.4 is 21.5 Å². The molecule has 0 fully saturated rings. The van der Waals surface area contributed by atoms with E-state index >= 15 is 0 Å². The zero-order valence-electron chi connectivity index (χ0n) is 16.2. The van der Waals surface area contributed by atoms with E-state index in [-0.39, 0.29) is 29.5 Å². The summed E-state index contributed by atoms with van der Waals surface area (Å²) in [5.74, 6) is -1.62. The summed E-state index contributed by atoms with van der Waals surface area (Å²) in [6.07, 6.45) is -3.31. The molecule has 0 aliphatic carbocycles. The zero-order valence-corrected chi connectivity index (χ0v) is 17.0. The first-order valence-corrected chi connectivity index (χ1v) is 9.87. The molecule has 0 unspecified atom stereocenters. The van der Waals surface area contributed by atoms with E-state index in [2.05, 4.69) is 26.5 Å². The number of benzene rings is 1. The lowest BCUT2D eigenvalue weighted by Gasteiger charge is -2.11. The molecule has 0 radical (unpaired) electrons. The van der Waals surface area contributed by atoms with Gasteiger partial charge in [0.05, 0.1) is 30.5 Å². The molecular weight excluding hydrogens is 451 g/mol. The summed E-state index contributed by atoms with van der Waals surface area (Å²) in [6.45, 7) is -0.360. The highest BCUT2D eigenvalue weighted by Crippen LogP contribution is 2.30. The molecule has 2 heterocycles. The number of halogens is 3. The van der Waals surface area contributed by atoms with Gasteiger partial charge in [0, 0.05) is 11.1 Å². The summed E-state index contributed by atoms with van der Waals surface area (Å²) < 4.78 is 43.1. The topological polar surface area (TPSA) is 125 Å². The van der Waals surface area contributed by atoms with Crippen LogP contribution in [0.5, 0.6) is 0 Å². The van der Waals surface area contributed by atoms with Crippen molar-refractivity contribution in [2.75, 3.05) is 17.2 Å². The van der Waals surface area contributed by atoms with Crippen LogP contribution in [-0.2, 0) is 22.2 Å². The van der Waals surface area contributed by atoms with Crippen LogP contribution >= 0.6 is 11.3 Å². The van der Waals surface area contributed by atoms with Crippen molar-refractivity contribution >= 4 is 39.9 Å². The van der Waals surface area contributed by atoms with Gasteiger partial charge in [-0.05, 0) is 30.3 Å². The Bertz CT molecular complexity index is 1100. The van der Waals surface area contributed by atoms with Crippen LogP contribution in [0.25, 0.3) is 0 Å². The van der Waals surface area contributed by atoms with Gasteiger partial charge in [0.25, 0.3) is 11.8 Å². The minimum absolute atomic E-state index is 0.105.